The highest BCUT2D eigenvalue weighted by molar-refractivity contribution is 7.98. The van der Waals surface area contributed by atoms with Gasteiger partial charge in [0.25, 0.3) is 0 Å². The molecule has 0 aliphatic rings. The Kier molecular flexibility index (Phi) is 5.48. The molecule has 0 fully saturated rings. The highest BCUT2D eigenvalue weighted by Crippen LogP contribution is 2.04. The molecule has 3 nitrogen and oxygen atoms in total. The molecule has 0 saturated carbocycles. The third-order valence-electron chi connectivity index (χ3n) is 1.20. The summed E-state index contributed by atoms with van der Waals surface area (Å²) in [6.07, 6.45) is 2.88. The summed E-state index contributed by atoms with van der Waals surface area (Å²) in [5, 5.41) is 0. The molecular weight excluding hydrogens is 148 g/mol. The van der Waals surface area contributed by atoms with Gasteiger partial charge in [-0.3, -0.25) is 0 Å². The quantitative estimate of drug-likeness (QED) is 0.456. The third kappa shape index (κ3) is 3.76. The molecule has 0 unspecified atom stereocenters. The van der Waals surface area contributed by atoms with E-state index in [1.54, 1.807) is 11.8 Å². The summed E-state index contributed by atoms with van der Waals surface area (Å²) in [5.41, 5.74) is 5.60. The smallest absolute Gasteiger partial charge is 0.133 e. The van der Waals surface area contributed by atoms with E-state index in [2.05, 4.69) is 11.4 Å². The summed E-state index contributed by atoms with van der Waals surface area (Å²) in [7, 11) is 0. The molecule has 0 aliphatic heterocycles. The highest BCUT2D eigenvalue weighted by atomic mass is 32.2. The largest absolute Gasteiger partial charge is 0.415 e. The maximum Gasteiger partial charge on any atom is 0.133 e. The second-order valence-corrected chi connectivity index (χ2v) is 2.96. The zero-order valence-corrected chi connectivity index (χ0v) is 6.99. The molecule has 0 saturated heterocycles. The molecule has 4 N–H and O–H groups in total. The van der Waals surface area contributed by atoms with Crippen molar-refractivity contribution in [3.8, 4) is 0 Å². The molecule has 0 heterocycles. The fourth-order valence-electron chi connectivity index (χ4n) is 0.493. The van der Waals surface area contributed by atoms with Crippen LogP contribution in [0.4, 0.5) is 0 Å². The highest BCUT2D eigenvalue weighted by Gasteiger charge is 2.05. The summed E-state index contributed by atoms with van der Waals surface area (Å²) in [6, 6.07) is -0.127. The molecule has 10 heavy (non-hydrogen) atoms. The van der Waals surface area contributed by atoms with Crippen LogP contribution in [0.2, 0.25) is 0 Å². The van der Waals surface area contributed by atoms with E-state index in [4.69, 9.17) is 11.6 Å². The van der Waals surface area contributed by atoms with Crippen LogP contribution in [0, 0.1) is 0 Å². The van der Waals surface area contributed by atoms with Gasteiger partial charge in [-0.2, -0.15) is 17.7 Å². The van der Waals surface area contributed by atoms with Crippen molar-refractivity contribution in [2.45, 2.75) is 12.5 Å². The fourth-order valence-corrected chi connectivity index (χ4v) is 0.983. The Morgan fingerprint density at radius 3 is 2.80 bits per heavy atom. The average molecular weight is 162 g/mol. The number of thioether (sulfide) groups is 1. The minimum atomic E-state index is -0.127. The van der Waals surface area contributed by atoms with Crippen LogP contribution in [0.1, 0.15) is 6.42 Å². The van der Waals surface area contributed by atoms with Crippen LogP contribution in [0.5, 0.6) is 0 Å². The molecule has 0 aromatic heterocycles. The van der Waals surface area contributed by atoms with Gasteiger partial charge >= 0.3 is 0 Å². The van der Waals surface area contributed by atoms with Crippen LogP contribution >= 0.6 is 11.8 Å². The predicted octanol–water partition coefficient (Wildman–Crippen LogP) is 0.471. The van der Waals surface area contributed by atoms with Crippen molar-refractivity contribution in [2.24, 2.45) is 11.6 Å². The van der Waals surface area contributed by atoms with Crippen LogP contribution in [-0.2, 0) is 4.84 Å². The fraction of sp³-hybridized carbons (Fsp3) is 0.667. The zero-order chi connectivity index (χ0) is 7.98. The Balaban J connectivity index is 3.41. The van der Waals surface area contributed by atoms with Gasteiger partial charge < -0.3 is 10.6 Å². The van der Waals surface area contributed by atoms with Crippen LogP contribution in [0.25, 0.3) is 0 Å². The van der Waals surface area contributed by atoms with Crippen molar-refractivity contribution in [1.29, 1.82) is 0 Å². The van der Waals surface area contributed by atoms with Crippen LogP contribution in [0.15, 0.2) is 12.3 Å². The molecule has 60 valence electrons. The van der Waals surface area contributed by atoms with Crippen LogP contribution < -0.4 is 11.6 Å². The van der Waals surface area contributed by atoms with E-state index in [-0.39, 0.29) is 6.04 Å². The Hall–Kier alpha value is -0.190. The molecule has 1 atom stereocenters. The number of nitrogens with two attached hydrogens (primary N) is 2. The van der Waals surface area contributed by atoms with Crippen molar-refractivity contribution in [2.75, 3.05) is 12.0 Å². The molecule has 0 aromatic rings. The van der Waals surface area contributed by atoms with Gasteiger partial charge in [-0.15, -0.1) is 0 Å². The van der Waals surface area contributed by atoms with Crippen molar-refractivity contribution in [3.05, 3.63) is 12.3 Å². The molecule has 0 amide bonds. The number of rotatable bonds is 5. The van der Waals surface area contributed by atoms with Crippen LogP contribution in [0.3, 0.4) is 0 Å². The van der Waals surface area contributed by atoms with Crippen molar-refractivity contribution in [3.63, 3.8) is 0 Å². The second kappa shape index (κ2) is 5.58. The molecule has 0 bridgehead atoms. The van der Waals surface area contributed by atoms with Gasteiger partial charge in [-0.1, -0.05) is 6.58 Å². The lowest BCUT2D eigenvalue weighted by Crippen LogP contribution is -2.25. The second-order valence-electron chi connectivity index (χ2n) is 1.97. The monoisotopic (exact) mass is 162 g/mol. The van der Waals surface area contributed by atoms with Gasteiger partial charge in [0.05, 0.1) is 6.04 Å². The van der Waals surface area contributed by atoms with Gasteiger partial charge in [0, 0.05) is 0 Å². The van der Waals surface area contributed by atoms with Crippen molar-refractivity contribution >= 4 is 11.8 Å². The third-order valence-corrected chi connectivity index (χ3v) is 1.84. The maximum absolute atomic E-state index is 5.60. The SMILES string of the molecule is C=C(ON)[C@@H](N)CCSC. The molecule has 4 heteroatoms. The van der Waals surface area contributed by atoms with E-state index in [1.807, 2.05) is 6.26 Å². The Morgan fingerprint density at radius 1 is 1.80 bits per heavy atom. The Bertz CT molecular complexity index is 108. The van der Waals surface area contributed by atoms with E-state index >= 15 is 0 Å². The average Bonchev–Trinajstić information content (AvgIpc) is 1.98. The van der Waals surface area contributed by atoms with Crippen LogP contribution in [-0.4, -0.2) is 18.1 Å². The molecule has 0 spiro atoms. The lowest BCUT2D eigenvalue weighted by Gasteiger charge is -2.10. The first-order chi connectivity index (χ1) is 4.72. The van der Waals surface area contributed by atoms with Gasteiger partial charge in [0.1, 0.15) is 5.76 Å². The first-order valence-electron chi connectivity index (χ1n) is 3.02. The van der Waals surface area contributed by atoms with Gasteiger partial charge in [0.2, 0.25) is 0 Å². The standard InChI is InChI=1S/C6H14N2OS/c1-5(9-8)6(7)3-4-10-2/h6H,1,3-4,7-8H2,2H3/t6-/m0/s1. The molecule has 0 rings (SSSR count). The minimum Gasteiger partial charge on any atom is -0.415 e. The van der Waals surface area contributed by atoms with Crippen molar-refractivity contribution < 1.29 is 4.84 Å². The minimum absolute atomic E-state index is 0.127. The molecular formula is C6H14N2OS. The lowest BCUT2D eigenvalue weighted by atomic mass is 10.2. The van der Waals surface area contributed by atoms with E-state index in [0.717, 1.165) is 12.2 Å². The van der Waals surface area contributed by atoms with E-state index in [0.29, 0.717) is 5.76 Å². The first-order valence-corrected chi connectivity index (χ1v) is 4.41. The van der Waals surface area contributed by atoms with E-state index in [1.165, 1.54) is 0 Å². The zero-order valence-electron chi connectivity index (χ0n) is 6.17. The summed E-state index contributed by atoms with van der Waals surface area (Å²) < 4.78 is 0. The van der Waals surface area contributed by atoms with Crippen molar-refractivity contribution in [1.82, 2.24) is 0 Å². The molecule has 0 aromatic carbocycles. The van der Waals surface area contributed by atoms with Gasteiger partial charge in [-0.05, 0) is 18.4 Å². The Labute approximate surface area is 65.7 Å². The summed E-state index contributed by atoms with van der Waals surface area (Å²) >= 11 is 1.74. The van der Waals surface area contributed by atoms with E-state index in [9.17, 15) is 0 Å². The Morgan fingerprint density at radius 2 is 2.40 bits per heavy atom. The van der Waals surface area contributed by atoms with Gasteiger partial charge in [-0.25, -0.2) is 0 Å². The van der Waals surface area contributed by atoms with Gasteiger partial charge in [0.15, 0.2) is 0 Å². The number of hydrogen-bond donors (Lipinski definition) is 2. The molecule has 0 radical (unpaired) electrons. The summed E-state index contributed by atoms with van der Waals surface area (Å²) in [6.45, 7) is 3.54. The first kappa shape index (κ1) is 9.81. The summed E-state index contributed by atoms with van der Waals surface area (Å²) in [5.74, 6) is 6.31. The summed E-state index contributed by atoms with van der Waals surface area (Å²) in [4.78, 5) is 4.38. The normalized spacial score (nSPS) is 12.7. The lowest BCUT2D eigenvalue weighted by molar-refractivity contribution is 0.201. The maximum atomic E-state index is 5.60. The predicted molar refractivity (Wildman–Crippen MR) is 45.4 cm³/mol. The topological polar surface area (TPSA) is 61.3 Å². The number of hydrogen-bond acceptors (Lipinski definition) is 4. The van der Waals surface area contributed by atoms with E-state index < -0.39 is 0 Å². The molecule has 0 aliphatic carbocycles.